The number of hydrogen-bond donors (Lipinski definition) is 5. The van der Waals surface area contributed by atoms with Gasteiger partial charge in [-0.2, -0.15) is 15.1 Å². The maximum Gasteiger partial charge on any atom is 0.241 e. The van der Waals surface area contributed by atoms with Crippen molar-refractivity contribution in [1.29, 1.82) is 0 Å². The lowest BCUT2D eigenvalue weighted by molar-refractivity contribution is 0.149. The molecule has 0 aliphatic heterocycles. The molecule has 1 saturated carbocycles. The number of nitrogens with one attached hydrogen (secondary N) is 3. The van der Waals surface area contributed by atoms with Crippen molar-refractivity contribution in [2.45, 2.75) is 38.1 Å². The molecule has 2 aromatic heterocycles. The summed E-state index contributed by atoms with van der Waals surface area (Å²) in [5.74, 6) is 6.94. The third kappa shape index (κ3) is 2.64. The van der Waals surface area contributed by atoms with E-state index in [1.54, 1.807) is 6.20 Å². The van der Waals surface area contributed by atoms with Crippen molar-refractivity contribution < 1.29 is 5.11 Å². The average Bonchev–Trinajstić information content (AvgIpc) is 2.95. The van der Waals surface area contributed by atoms with Crippen molar-refractivity contribution in [3.8, 4) is 0 Å². The van der Waals surface area contributed by atoms with Gasteiger partial charge in [-0.25, -0.2) is 5.84 Å². The fourth-order valence-corrected chi connectivity index (χ4v) is 3.20. The molecule has 114 valence electrons. The SMILES string of the molecule is CC1CCCC(CO)(Nc2nc(NN)nc3[nH]ncc23)C1. The normalized spacial score (nSPS) is 26.0. The first-order valence-electron chi connectivity index (χ1n) is 7.22. The number of nitrogens with two attached hydrogens (primary N) is 1. The Labute approximate surface area is 122 Å². The smallest absolute Gasteiger partial charge is 0.241 e. The van der Waals surface area contributed by atoms with Crippen LogP contribution in [0.2, 0.25) is 0 Å². The number of anilines is 2. The maximum absolute atomic E-state index is 9.90. The van der Waals surface area contributed by atoms with Gasteiger partial charge in [-0.15, -0.1) is 0 Å². The highest BCUT2D eigenvalue weighted by Crippen LogP contribution is 2.35. The largest absolute Gasteiger partial charge is 0.394 e. The quantitative estimate of drug-likeness (QED) is 0.420. The van der Waals surface area contributed by atoms with Crippen LogP contribution in [-0.2, 0) is 0 Å². The molecule has 0 amide bonds. The van der Waals surface area contributed by atoms with Crippen LogP contribution in [0.3, 0.4) is 0 Å². The molecule has 3 rings (SSSR count). The van der Waals surface area contributed by atoms with E-state index in [0.717, 1.165) is 24.6 Å². The van der Waals surface area contributed by atoms with Crippen molar-refractivity contribution in [2.24, 2.45) is 11.8 Å². The highest BCUT2D eigenvalue weighted by molar-refractivity contribution is 5.87. The lowest BCUT2D eigenvalue weighted by Crippen LogP contribution is -2.46. The third-order valence-electron chi connectivity index (χ3n) is 4.22. The van der Waals surface area contributed by atoms with E-state index in [2.05, 4.69) is 37.8 Å². The Balaban J connectivity index is 1.97. The Kier molecular flexibility index (Phi) is 3.64. The van der Waals surface area contributed by atoms with Gasteiger partial charge >= 0.3 is 0 Å². The molecule has 21 heavy (non-hydrogen) atoms. The summed E-state index contributed by atoms with van der Waals surface area (Å²) in [6.45, 7) is 2.29. The topological polar surface area (TPSA) is 125 Å². The minimum Gasteiger partial charge on any atom is -0.394 e. The number of hydrogen-bond acceptors (Lipinski definition) is 7. The van der Waals surface area contributed by atoms with Gasteiger partial charge in [0.25, 0.3) is 0 Å². The van der Waals surface area contributed by atoms with Gasteiger partial charge in [0.05, 0.1) is 23.7 Å². The number of rotatable bonds is 4. The van der Waals surface area contributed by atoms with E-state index in [1.807, 2.05) is 0 Å². The Morgan fingerprint density at radius 2 is 2.38 bits per heavy atom. The number of fused-ring (bicyclic) bond motifs is 1. The van der Waals surface area contributed by atoms with Crippen LogP contribution >= 0.6 is 0 Å². The molecular formula is C13H21N7O. The van der Waals surface area contributed by atoms with Crippen LogP contribution in [-0.4, -0.2) is 37.4 Å². The molecule has 0 aromatic carbocycles. The van der Waals surface area contributed by atoms with Crippen LogP contribution < -0.4 is 16.6 Å². The number of nitrogens with zero attached hydrogens (tertiary/aromatic N) is 3. The zero-order valence-corrected chi connectivity index (χ0v) is 12.1. The molecule has 6 N–H and O–H groups in total. The summed E-state index contributed by atoms with van der Waals surface area (Å²) in [4.78, 5) is 8.58. The van der Waals surface area contributed by atoms with Crippen LogP contribution in [0.15, 0.2) is 6.20 Å². The number of aromatic amines is 1. The zero-order valence-electron chi connectivity index (χ0n) is 12.1. The summed E-state index contributed by atoms with van der Waals surface area (Å²) in [5.41, 5.74) is 2.72. The Morgan fingerprint density at radius 1 is 1.52 bits per heavy atom. The summed E-state index contributed by atoms with van der Waals surface area (Å²) < 4.78 is 0. The molecule has 2 aromatic rings. The molecule has 1 aliphatic rings. The first kappa shape index (κ1) is 14.0. The summed E-state index contributed by atoms with van der Waals surface area (Å²) >= 11 is 0. The standard InChI is InChI=1S/C13H21N7O/c1-8-3-2-4-13(5-8,7-21)18-10-9-6-15-20-11(9)17-12(16-10)19-14/h6,8,21H,2-5,7,14H2,1H3,(H3,15,16,17,18,19,20). The second-order valence-corrected chi connectivity index (χ2v) is 5.94. The van der Waals surface area contributed by atoms with E-state index in [9.17, 15) is 5.11 Å². The molecule has 8 nitrogen and oxygen atoms in total. The highest BCUT2D eigenvalue weighted by Gasteiger charge is 2.35. The molecule has 0 saturated heterocycles. The first-order chi connectivity index (χ1) is 10.2. The van der Waals surface area contributed by atoms with Crippen molar-refractivity contribution in [3.63, 3.8) is 0 Å². The molecule has 0 radical (unpaired) electrons. The fraction of sp³-hybridized carbons (Fsp3) is 0.615. The summed E-state index contributed by atoms with van der Waals surface area (Å²) in [7, 11) is 0. The number of hydrazine groups is 1. The van der Waals surface area contributed by atoms with Crippen LogP contribution in [0, 0.1) is 5.92 Å². The van der Waals surface area contributed by atoms with Crippen LogP contribution in [0.5, 0.6) is 0 Å². The Bertz CT molecular complexity index is 628. The van der Waals surface area contributed by atoms with Crippen LogP contribution in [0.1, 0.15) is 32.6 Å². The minimum atomic E-state index is -0.345. The molecule has 2 atom stereocenters. The van der Waals surface area contributed by atoms with Gasteiger partial charge in [0.2, 0.25) is 5.95 Å². The van der Waals surface area contributed by atoms with Gasteiger partial charge in [-0.3, -0.25) is 10.5 Å². The second-order valence-electron chi connectivity index (χ2n) is 5.94. The average molecular weight is 291 g/mol. The van der Waals surface area contributed by atoms with Crippen molar-refractivity contribution in [2.75, 3.05) is 17.3 Å². The summed E-state index contributed by atoms with van der Waals surface area (Å²) in [6, 6.07) is 0. The van der Waals surface area contributed by atoms with Gasteiger partial charge < -0.3 is 10.4 Å². The number of nitrogen functional groups attached to an aromatic ring is 1. The molecule has 2 unspecified atom stereocenters. The van der Waals surface area contributed by atoms with Gasteiger partial charge in [-0.05, 0) is 18.8 Å². The number of aliphatic hydroxyl groups excluding tert-OH is 1. The summed E-state index contributed by atoms with van der Waals surface area (Å²) in [6.07, 6.45) is 5.80. The minimum absolute atomic E-state index is 0.0755. The molecule has 1 fully saturated rings. The third-order valence-corrected chi connectivity index (χ3v) is 4.22. The number of H-pyrrole nitrogens is 1. The van der Waals surface area contributed by atoms with Gasteiger partial charge in [-0.1, -0.05) is 19.8 Å². The lowest BCUT2D eigenvalue weighted by atomic mass is 9.77. The van der Waals surface area contributed by atoms with Gasteiger partial charge in [0.1, 0.15) is 5.82 Å². The predicted molar refractivity (Wildman–Crippen MR) is 80.6 cm³/mol. The second kappa shape index (κ2) is 5.45. The van der Waals surface area contributed by atoms with Gasteiger partial charge in [0.15, 0.2) is 5.65 Å². The van der Waals surface area contributed by atoms with E-state index >= 15 is 0 Å². The lowest BCUT2D eigenvalue weighted by Gasteiger charge is -2.39. The first-order valence-corrected chi connectivity index (χ1v) is 7.22. The molecule has 1 aliphatic carbocycles. The molecule has 0 bridgehead atoms. The molecule has 8 heteroatoms. The fourth-order valence-electron chi connectivity index (χ4n) is 3.20. The zero-order chi connectivity index (χ0) is 14.9. The summed E-state index contributed by atoms with van der Waals surface area (Å²) in [5, 5.41) is 20.9. The van der Waals surface area contributed by atoms with E-state index in [1.165, 1.54) is 6.42 Å². The predicted octanol–water partition coefficient (Wildman–Crippen LogP) is 0.992. The highest BCUT2D eigenvalue weighted by atomic mass is 16.3. The van der Waals surface area contributed by atoms with E-state index in [-0.39, 0.29) is 12.1 Å². The number of aromatic nitrogens is 4. The van der Waals surface area contributed by atoms with Crippen molar-refractivity contribution in [3.05, 3.63) is 6.20 Å². The van der Waals surface area contributed by atoms with Crippen LogP contribution in [0.4, 0.5) is 11.8 Å². The van der Waals surface area contributed by atoms with E-state index < -0.39 is 0 Å². The number of aliphatic hydroxyl groups is 1. The van der Waals surface area contributed by atoms with Gasteiger partial charge in [0, 0.05) is 0 Å². The molecule has 0 spiro atoms. The maximum atomic E-state index is 9.90. The van der Waals surface area contributed by atoms with Crippen LogP contribution in [0.25, 0.3) is 11.0 Å². The van der Waals surface area contributed by atoms with Crippen molar-refractivity contribution >= 4 is 22.8 Å². The van der Waals surface area contributed by atoms with Crippen molar-refractivity contribution in [1.82, 2.24) is 20.2 Å². The van der Waals surface area contributed by atoms with E-state index in [4.69, 9.17) is 5.84 Å². The van der Waals surface area contributed by atoms with E-state index in [0.29, 0.717) is 23.3 Å². The monoisotopic (exact) mass is 291 g/mol. The molecule has 2 heterocycles. The Hall–Kier alpha value is -1.93. The molecular weight excluding hydrogens is 270 g/mol. The Morgan fingerprint density at radius 3 is 3.10 bits per heavy atom.